The molecule has 0 bridgehead atoms. The SMILES string of the molecule is O=C(O[C@H]1O[C@H](COP(=O)(O)O)[C@@H](O)[C@H]1O)c1cccnc1.[KH]. The Morgan fingerprint density at radius 2 is 2.04 bits per heavy atom. The van der Waals surface area contributed by atoms with Gasteiger partial charge in [-0.3, -0.25) is 9.51 Å². The van der Waals surface area contributed by atoms with Crippen LogP contribution in [-0.2, 0) is 18.6 Å². The van der Waals surface area contributed by atoms with E-state index in [-0.39, 0.29) is 56.9 Å². The monoisotopic (exact) mass is 375 g/mol. The molecule has 124 valence electrons. The summed E-state index contributed by atoms with van der Waals surface area (Å²) < 4.78 is 24.7. The number of aromatic nitrogens is 1. The van der Waals surface area contributed by atoms with Crippen molar-refractivity contribution in [1.29, 1.82) is 0 Å². The van der Waals surface area contributed by atoms with Crippen LogP contribution in [0.5, 0.6) is 0 Å². The standard InChI is InChI=1S/C11H14NO9P.K.H/c13-8-7(5-19-22(16,17)18)20-11(9(8)14)21-10(15)6-2-1-3-12-4-6;;/h1-4,7-9,11,13-14H,5H2,(H2,16,17,18);;/t7-,8-,9-,11-;;/m1../s1. The zero-order valence-electron chi connectivity index (χ0n) is 11.1. The fourth-order valence-electron chi connectivity index (χ4n) is 1.78. The Bertz CT molecular complexity index is 568. The van der Waals surface area contributed by atoms with Gasteiger partial charge in [-0.25, -0.2) is 9.36 Å². The molecule has 0 saturated carbocycles. The Morgan fingerprint density at radius 1 is 1.35 bits per heavy atom. The van der Waals surface area contributed by atoms with Crippen LogP contribution in [0.15, 0.2) is 24.5 Å². The van der Waals surface area contributed by atoms with Gasteiger partial charge in [0.2, 0.25) is 6.29 Å². The minimum atomic E-state index is -4.75. The summed E-state index contributed by atoms with van der Waals surface area (Å²) in [7, 11) is -4.75. The molecule has 4 atom stereocenters. The second-order valence-electron chi connectivity index (χ2n) is 4.46. The summed E-state index contributed by atoms with van der Waals surface area (Å²) in [6.45, 7) is -0.677. The Kier molecular flexibility index (Phi) is 8.41. The van der Waals surface area contributed by atoms with E-state index in [0.29, 0.717) is 0 Å². The van der Waals surface area contributed by atoms with E-state index in [1.54, 1.807) is 0 Å². The van der Waals surface area contributed by atoms with E-state index in [1.165, 1.54) is 24.5 Å². The Hall–Kier alpha value is 0.246. The van der Waals surface area contributed by atoms with E-state index in [1.807, 2.05) is 0 Å². The number of aliphatic hydroxyl groups excluding tert-OH is 2. The van der Waals surface area contributed by atoms with Gasteiger partial charge >= 0.3 is 65.2 Å². The van der Waals surface area contributed by atoms with E-state index in [9.17, 15) is 19.6 Å². The van der Waals surface area contributed by atoms with Crippen molar-refractivity contribution in [3.63, 3.8) is 0 Å². The molecule has 0 radical (unpaired) electrons. The quantitative estimate of drug-likeness (QED) is 0.262. The number of phosphoric ester groups is 1. The van der Waals surface area contributed by atoms with Crippen molar-refractivity contribution in [3.8, 4) is 0 Å². The molecule has 1 fully saturated rings. The van der Waals surface area contributed by atoms with Crippen LogP contribution >= 0.6 is 7.82 Å². The van der Waals surface area contributed by atoms with Crippen LogP contribution in [0.1, 0.15) is 10.4 Å². The van der Waals surface area contributed by atoms with Gasteiger partial charge in [-0.15, -0.1) is 0 Å². The molecule has 0 aromatic carbocycles. The van der Waals surface area contributed by atoms with Gasteiger partial charge in [-0.2, -0.15) is 0 Å². The molecule has 1 aliphatic heterocycles. The first kappa shape index (κ1) is 21.3. The second-order valence-corrected chi connectivity index (χ2v) is 5.70. The van der Waals surface area contributed by atoms with Gasteiger partial charge in [-0.05, 0) is 12.1 Å². The molecule has 0 aliphatic carbocycles. The van der Waals surface area contributed by atoms with Gasteiger partial charge in [0.25, 0.3) is 0 Å². The molecular weight excluding hydrogens is 360 g/mol. The van der Waals surface area contributed by atoms with Crippen LogP contribution in [0.25, 0.3) is 0 Å². The number of hydrogen-bond acceptors (Lipinski definition) is 8. The van der Waals surface area contributed by atoms with Crippen molar-refractivity contribution in [1.82, 2.24) is 4.98 Å². The number of esters is 1. The second kappa shape index (κ2) is 9.09. The zero-order valence-corrected chi connectivity index (χ0v) is 11.9. The number of pyridine rings is 1. The first-order valence-corrected chi connectivity index (χ1v) is 7.63. The summed E-state index contributed by atoms with van der Waals surface area (Å²) in [5.74, 6) is -0.832. The van der Waals surface area contributed by atoms with Gasteiger partial charge in [0.15, 0.2) is 0 Å². The molecule has 23 heavy (non-hydrogen) atoms. The third kappa shape index (κ3) is 6.23. The fourth-order valence-corrected chi connectivity index (χ4v) is 2.12. The molecule has 1 aliphatic rings. The van der Waals surface area contributed by atoms with Gasteiger partial charge in [-0.1, -0.05) is 0 Å². The molecule has 4 N–H and O–H groups in total. The number of nitrogens with zero attached hydrogens (tertiary/aromatic N) is 1. The summed E-state index contributed by atoms with van der Waals surface area (Å²) in [5.41, 5.74) is 0.114. The number of aliphatic hydroxyl groups is 2. The summed E-state index contributed by atoms with van der Waals surface area (Å²) >= 11 is 0. The third-order valence-corrected chi connectivity index (χ3v) is 3.33. The van der Waals surface area contributed by atoms with E-state index in [0.717, 1.165) is 0 Å². The maximum atomic E-state index is 11.8. The molecule has 1 aromatic rings. The predicted molar refractivity (Wildman–Crippen MR) is 75.5 cm³/mol. The van der Waals surface area contributed by atoms with E-state index >= 15 is 0 Å². The number of phosphoric acid groups is 1. The number of rotatable bonds is 5. The molecule has 1 aromatic heterocycles. The van der Waals surface area contributed by atoms with Crippen molar-refractivity contribution in [2.24, 2.45) is 0 Å². The van der Waals surface area contributed by atoms with Crippen molar-refractivity contribution in [2.75, 3.05) is 6.61 Å². The molecule has 12 heteroatoms. The van der Waals surface area contributed by atoms with Crippen LogP contribution in [-0.4, -0.2) is 114 Å². The number of carbonyl (C=O) groups is 1. The normalized spacial score (nSPS) is 27.3. The Labute approximate surface area is 173 Å². The van der Waals surface area contributed by atoms with Gasteiger partial charge in [0.1, 0.15) is 18.3 Å². The van der Waals surface area contributed by atoms with E-state index < -0.39 is 45.0 Å². The molecule has 2 heterocycles. The number of hydrogen-bond donors (Lipinski definition) is 4. The molecule has 1 saturated heterocycles. The molecular formula is C11H15KNO9P. The average molecular weight is 375 g/mol. The predicted octanol–water partition coefficient (Wildman–Crippen LogP) is -1.85. The van der Waals surface area contributed by atoms with Gasteiger partial charge in [0.05, 0.1) is 12.2 Å². The summed E-state index contributed by atoms with van der Waals surface area (Å²) in [6.07, 6.45) is -3.16. The molecule has 10 nitrogen and oxygen atoms in total. The van der Waals surface area contributed by atoms with Crippen LogP contribution in [0.4, 0.5) is 0 Å². The van der Waals surface area contributed by atoms with Crippen LogP contribution in [0, 0.1) is 0 Å². The summed E-state index contributed by atoms with van der Waals surface area (Å²) in [6, 6.07) is 2.94. The van der Waals surface area contributed by atoms with Crippen LogP contribution < -0.4 is 0 Å². The van der Waals surface area contributed by atoms with Crippen molar-refractivity contribution in [3.05, 3.63) is 30.1 Å². The number of carbonyl (C=O) groups excluding carboxylic acids is 1. The maximum absolute atomic E-state index is 11.8. The topological polar surface area (TPSA) is 156 Å². The Morgan fingerprint density at radius 3 is 2.61 bits per heavy atom. The third-order valence-electron chi connectivity index (χ3n) is 2.85. The molecule has 2 rings (SSSR count). The van der Waals surface area contributed by atoms with Crippen LogP contribution in [0.3, 0.4) is 0 Å². The summed E-state index contributed by atoms with van der Waals surface area (Å²) in [5, 5.41) is 19.4. The zero-order chi connectivity index (χ0) is 16.3. The Balaban J connectivity index is 0.00000264. The van der Waals surface area contributed by atoms with E-state index in [2.05, 4.69) is 9.51 Å². The minimum absolute atomic E-state index is 0. The van der Waals surface area contributed by atoms with Crippen molar-refractivity contribution >= 4 is 65.2 Å². The van der Waals surface area contributed by atoms with Gasteiger partial charge < -0.3 is 29.5 Å². The van der Waals surface area contributed by atoms with Gasteiger partial charge in [0, 0.05) is 12.4 Å². The van der Waals surface area contributed by atoms with Crippen LogP contribution in [0.2, 0.25) is 0 Å². The first-order chi connectivity index (χ1) is 10.3. The summed E-state index contributed by atoms with van der Waals surface area (Å²) in [4.78, 5) is 32.7. The average Bonchev–Trinajstić information content (AvgIpc) is 2.73. The molecule has 0 spiro atoms. The fraction of sp³-hybridized carbons (Fsp3) is 0.455. The number of ether oxygens (including phenoxy) is 2. The first-order valence-electron chi connectivity index (χ1n) is 6.10. The van der Waals surface area contributed by atoms with E-state index in [4.69, 9.17) is 19.3 Å². The molecule has 0 unspecified atom stereocenters. The van der Waals surface area contributed by atoms with Crippen molar-refractivity contribution < 1.29 is 43.4 Å². The molecule has 0 amide bonds. The van der Waals surface area contributed by atoms with Crippen molar-refractivity contribution in [2.45, 2.75) is 24.6 Å².